The molecule has 2 fully saturated rings. The molecule has 1 amide bonds. The normalized spacial score (nSPS) is 21.7. The fourth-order valence-corrected chi connectivity index (χ4v) is 3.83. The first-order valence-electron chi connectivity index (χ1n) is 9.27. The molecule has 4 rings (SSSR count). The fraction of sp³-hybridized carbons (Fsp3) is 0.556. The molecule has 2 aliphatic rings. The molecule has 1 atom stereocenters. The Morgan fingerprint density at radius 2 is 2.04 bits per heavy atom. The number of carbonyl (C=O) groups excluding carboxylic acids is 1. The second-order valence-electron chi connectivity index (χ2n) is 6.84. The molecule has 2 aromatic rings. The SMILES string of the molecule is O=C(c1ccccc1-c1nn[nH]n1)N1CCCC[C@@H]1CN1CCOCC1. The number of amides is 1. The van der Waals surface area contributed by atoms with Gasteiger partial charge in [-0.1, -0.05) is 18.2 Å². The predicted molar refractivity (Wildman–Crippen MR) is 95.5 cm³/mol. The molecule has 0 spiro atoms. The lowest BCUT2D eigenvalue weighted by Gasteiger charge is -2.39. The summed E-state index contributed by atoms with van der Waals surface area (Å²) in [5.74, 6) is 0.513. The Hall–Kier alpha value is -2.32. The summed E-state index contributed by atoms with van der Waals surface area (Å²) in [5.41, 5.74) is 1.37. The number of nitrogens with one attached hydrogen (secondary N) is 1. The van der Waals surface area contributed by atoms with Gasteiger partial charge in [-0.25, -0.2) is 0 Å². The molecule has 2 saturated heterocycles. The summed E-state index contributed by atoms with van der Waals surface area (Å²) in [6.45, 7) is 5.16. The molecule has 26 heavy (non-hydrogen) atoms. The van der Waals surface area contributed by atoms with E-state index in [0.29, 0.717) is 11.4 Å². The van der Waals surface area contributed by atoms with Gasteiger partial charge >= 0.3 is 0 Å². The van der Waals surface area contributed by atoms with Gasteiger partial charge in [0, 0.05) is 37.8 Å². The highest BCUT2D eigenvalue weighted by Crippen LogP contribution is 2.25. The van der Waals surface area contributed by atoms with Crippen LogP contribution in [0.4, 0.5) is 0 Å². The largest absolute Gasteiger partial charge is 0.379 e. The minimum absolute atomic E-state index is 0.0587. The molecule has 8 nitrogen and oxygen atoms in total. The quantitative estimate of drug-likeness (QED) is 0.886. The predicted octanol–water partition coefficient (Wildman–Crippen LogP) is 1.19. The Morgan fingerprint density at radius 3 is 2.85 bits per heavy atom. The average molecular weight is 356 g/mol. The van der Waals surface area contributed by atoms with E-state index < -0.39 is 0 Å². The minimum atomic E-state index is 0.0587. The molecule has 0 bridgehead atoms. The first kappa shape index (κ1) is 17.1. The van der Waals surface area contributed by atoms with E-state index in [4.69, 9.17) is 4.74 Å². The van der Waals surface area contributed by atoms with Gasteiger partial charge in [-0.05, 0) is 30.5 Å². The Kier molecular flexibility index (Phi) is 5.21. The Labute approximate surface area is 152 Å². The lowest BCUT2D eigenvalue weighted by atomic mass is 9.98. The second kappa shape index (κ2) is 7.92. The summed E-state index contributed by atoms with van der Waals surface area (Å²) in [6.07, 6.45) is 3.27. The minimum Gasteiger partial charge on any atom is -0.379 e. The van der Waals surface area contributed by atoms with Crippen LogP contribution in [0, 0.1) is 0 Å². The van der Waals surface area contributed by atoms with E-state index in [9.17, 15) is 4.79 Å². The molecule has 1 aromatic heterocycles. The van der Waals surface area contributed by atoms with Crippen LogP contribution in [0.1, 0.15) is 29.6 Å². The Bertz CT molecular complexity index is 729. The van der Waals surface area contributed by atoms with E-state index >= 15 is 0 Å². The topological polar surface area (TPSA) is 87.2 Å². The van der Waals surface area contributed by atoms with Gasteiger partial charge in [-0.2, -0.15) is 5.21 Å². The zero-order chi connectivity index (χ0) is 17.8. The molecule has 2 aliphatic heterocycles. The highest BCUT2D eigenvalue weighted by molar-refractivity contribution is 6.00. The number of nitrogens with zero attached hydrogens (tertiary/aromatic N) is 5. The van der Waals surface area contributed by atoms with Crippen LogP contribution >= 0.6 is 0 Å². The number of ether oxygens (including phenoxy) is 1. The van der Waals surface area contributed by atoms with E-state index in [-0.39, 0.29) is 11.9 Å². The van der Waals surface area contributed by atoms with Gasteiger partial charge < -0.3 is 9.64 Å². The third kappa shape index (κ3) is 3.61. The number of morpholine rings is 1. The number of rotatable bonds is 4. The van der Waals surface area contributed by atoms with Crippen LogP contribution in [0.2, 0.25) is 0 Å². The van der Waals surface area contributed by atoms with Crippen molar-refractivity contribution in [1.82, 2.24) is 30.4 Å². The van der Waals surface area contributed by atoms with Crippen LogP contribution in [0.3, 0.4) is 0 Å². The van der Waals surface area contributed by atoms with E-state index in [1.54, 1.807) is 0 Å². The van der Waals surface area contributed by atoms with Gasteiger partial charge in [0.15, 0.2) is 0 Å². The van der Waals surface area contributed by atoms with Crippen LogP contribution in [0.5, 0.6) is 0 Å². The number of hydrogen-bond donors (Lipinski definition) is 1. The zero-order valence-corrected chi connectivity index (χ0v) is 14.8. The first-order valence-corrected chi connectivity index (χ1v) is 9.27. The molecule has 0 unspecified atom stereocenters. The molecule has 0 saturated carbocycles. The zero-order valence-electron chi connectivity index (χ0n) is 14.8. The number of benzene rings is 1. The van der Waals surface area contributed by atoms with E-state index in [0.717, 1.165) is 57.8 Å². The van der Waals surface area contributed by atoms with Gasteiger partial charge in [0.25, 0.3) is 5.91 Å². The fourth-order valence-electron chi connectivity index (χ4n) is 3.83. The van der Waals surface area contributed by atoms with Crippen LogP contribution in [-0.2, 0) is 4.74 Å². The van der Waals surface area contributed by atoms with Gasteiger partial charge in [0.1, 0.15) is 0 Å². The van der Waals surface area contributed by atoms with Crippen LogP contribution < -0.4 is 0 Å². The monoisotopic (exact) mass is 356 g/mol. The maximum atomic E-state index is 13.4. The molecule has 0 radical (unpaired) electrons. The summed E-state index contributed by atoms with van der Waals surface area (Å²) >= 11 is 0. The molecule has 0 aliphatic carbocycles. The number of hydrogen-bond acceptors (Lipinski definition) is 6. The maximum Gasteiger partial charge on any atom is 0.254 e. The van der Waals surface area contributed by atoms with E-state index in [2.05, 4.69) is 25.5 Å². The lowest BCUT2D eigenvalue weighted by Crippen LogP contribution is -2.51. The van der Waals surface area contributed by atoms with Crippen molar-refractivity contribution in [3.8, 4) is 11.4 Å². The number of aromatic amines is 1. The summed E-state index contributed by atoms with van der Waals surface area (Å²) in [6, 6.07) is 7.75. The molecule has 1 N–H and O–H groups in total. The van der Waals surface area contributed by atoms with Gasteiger partial charge in [-0.15, -0.1) is 10.2 Å². The van der Waals surface area contributed by atoms with Crippen LogP contribution in [-0.4, -0.2) is 81.8 Å². The number of H-pyrrole nitrogens is 1. The third-order valence-corrected chi connectivity index (χ3v) is 5.20. The summed E-state index contributed by atoms with van der Waals surface area (Å²) in [4.78, 5) is 17.8. The van der Waals surface area contributed by atoms with Crippen molar-refractivity contribution in [2.24, 2.45) is 0 Å². The van der Waals surface area contributed by atoms with Gasteiger partial charge in [-0.3, -0.25) is 9.69 Å². The van der Waals surface area contributed by atoms with Gasteiger partial charge in [0.2, 0.25) is 5.82 Å². The van der Waals surface area contributed by atoms with Crippen molar-refractivity contribution < 1.29 is 9.53 Å². The van der Waals surface area contributed by atoms with Crippen molar-refractivity contribution in [2.45, 2.75) is 25.3 Å². The molecule has 3 heterocycles. The summed E-state index contributed by atoms with van der Waals surface area (Å²) < 4.78 is 5.44. The number of carbonyl (C=O) groups is 1. The molecule has 8 heteroatoms. The lowest BCUT2D eigenvalue weighted by molar-refractivity contribution is 0.0166. The highest BCUT2D eigenvalue weighted by atomic mass is 16.5. The molecule has 138 valence electrons. The molecular weight excluding hydrogens is 332 g/mol. The first-order chi connectivity index (χ1) is 12.8. The number of likely N-dealkylation sites (tertiary alicyclic amines) is 1. The standard InChI is InChI=1S/C18H24N6O2/c25-18(16-7-2-1-6-15(16)17-19-21-22-20-17)24-8-4-3-5-14(24)13-23-9-11-26-12-10-23/h1-2,6-7,14H,3-5,8-13H2,(H,19,20,21,22)/t14-/m1/s1. The van der Waals surface area contributed by atoms with Gasteiger partial charge in [0.05, 0.1) is 18.8 Å². The second-order valence-corrected chi connectivity index (χ2v) is 6.84. The van der Waals surface area contributed by atoms with Crippen molar-refractivity contribution >= 4 is 5.91 Å². The van der Waals surface area contributed by atoms with Crippen molar-refractivity contribution in [2.75, 3.05) is 39.4 Å². The summed E-state index contributed by atoms with van der Waals surface area (Å²) in [5, 5.41) is 14.2. The van der Waals surface area contributed by atoms with Crippen molar-refractivity contribution in [3.05, 3.63) is 29.8 Å². The van der Waals surface area contributed by atoms with Crippen LogP contribution in [0.25, 0.3) is 11.4 Å². The smallest absolute Gasteiger partial charge is 0.254 e. The number of aromatic nitrogens is 4. The molecular formula is C18H24N6O2. The Morgan fingerprint density at radius 1 is 1.19 bits per heavy atom. The summed E-state index contributed by atoms with van der Waals surface area (Å²) in [7, 11) is 0. The maximum absolute atomic E-state index is 13.4. The van der Waals surface area contributed by atoms with Crippen molar-refractivity contribution in [3.63, 3.8) is 0 Å². The number of piperidine rings is 1. The highest BCUT2D eigenvalue weighted by Gasteiger charge is 2.30. The number of tetrazole rings is 1. The molecule has 1 aromatic carbocycles. The van der Waals surface area contributed by atoms with Crippen LogP contribution in [0.15, 0.2) is 24.3 Å². The Balaban J connectivity index is 1.56. The van der Waals surface area contributed by atoms with Crippen molar-refractivity contribution in [1.29, 1.82) is 0 Å². The third-order valence-electron chi connectivity index (χ3n) is 5.20. The average Bonchev–Trinajstić information content (AvgIpc) is 3.23. The van der Waals surface area contributed by atoms with E-state index in [1.165, 1.54) is 6.42 Å². The van der Waals surface area contributed by atoms with E-state index in [1.807, 2.05) is 29.2 Å².